The van der Waals surface area contributed by atoms with E-state index >= 15 is 0 Å². The van der Waals surface area contributed by atoms with E-state index in [1.165, 1.54) is 17.0 Å². The molecule has 0 radical (unpaired) electrons. The second-order valence-electron chi connectivity index (χ2n) is 4.47. The highest BCUT2D eigenvalue weighted by atomic mass is 35.5. The zero-order valence-corrected chi connectivity index (χ0v) is 11.6. The highest BCUT2D eigenvalue weighted by molar-refractivity contribution is 6.17. The predicted molar refractivity (Wildman–Crippen MR) is 72.8 cm³/mol. The fourth-order valence-electron chi connectivity index (χ4n) is 1.88. The van der Waals surface area contributed by atoms with Gasteiger partial charge in [0.2, 0.25) is 5.91 Å². The summed E-state index contributed by atoms with van der Waals surface area (Å²) in [5.41, 5.74) is 1.29. The molecule has 0 N–H and O–H groups in total. The number of imidazole rings is 1. The van der Waals surface area contributed by atoms with E-state index < -0.39 is 0 Å². The Kier molecular flexibility index (Phi) is 4.04. The molecule has 1 aromatic carbocycles. The second-order valence-corrected chi connectivity index (χ2v) is 4.85. The van der Waals surface area contributed by atoms with E-state index in [1.807, 2.05) is 0 Å². The molecule has 2 aromatic rings. The molecule has 0 aliphatic carbocycles. The Morgan fingerprint density at radius 3 is 2.84 bits per heavy atom. The molecule has 0 unspecified atom stereocenters. The topological polar surface area (TPSA) is 38.1 Å². The first kappa shape index (κ1) is 13.8. The molecule has 1 heterocycles. The number of amides is 1. The van der Waals surface area contributed by atoms with Crippen LogP contribution in [0.25, 0.3) is 11.0 Å². The molecule has 1 amide bonds. The standard InChI is InChI=1S/C13H15ClFN3O/c1-17(2)13(19)8-18-11-4-3-9(15)7-10(11)16-12(18)5-6-14/h3-4,7H,5-6,8H2,1-2H3. The van der Waals surface area contributed by atoms with E-state index in [4.69, 9.17) is 11.6 Å². The van der Waals surface area contributed by atoms with Crippen LogP contribution >= 0.6 is 11.6 Å². The molecular formula is C13H15ClFN3O. The Bertz CT molecular complexity index is 609. The van der Waals surface area contributed by atoms with Crippen LogP contribution < -0.4 is 0 Å². The Balaban J connectivity index is 2.48. The van der Waals surface area contributed by atoms with E-state index in [2.05, 4.69) is 4.98 Å². The Hall–Kier alpha value is -1.62. The largest absolute Gasteiger partial charge is 0.347 e. The molecule has 102 valence electrons. The maximum Gasteiger partial charge on any atom is 0.242 e. The number of likely N-dealkylation sites (N-methyl/N-ethyl adjacent to an activating group) is 1. The van der Waals surface area contributed by atoms with E-state index in [0.717, 1.165) is 5.52 Å². The van der Waals surface area contributed by atoms with Crippen molar-refractivity contribution in [1.82, 2.24) is 14.5 Å². The minimum atomic E-state index is -0.339. The number of alkyl halides is 1. The first-order valence-electron chi connectivity index (χ1n) is 5.93. The van der Waals surface area contributed by atoms with Crippen LogP contribution in [0.15, 0.2) is 18.2 Å². The summed E-state index contributed by atoms with van der Waals surface area (Å²) in [5.74, 6) is 0.723. The highest BCUT2D eigenvalue weighted by Crippen LogP contribution is 2.18. The third-order valence-electron chi connectivity index (χ3n) is 2.90. The molecule has 1 aromatic heterocycles. The van der Waals surface area contributed by atoms with E-state index in [1.54, 1.807) is 24.7 Å². The van der Waals surface area contributed by atoms with Gasteiger partial charge >= 0.3 is 0 Å². The number of carbonyl (C=O) groups excluding carboxylic acids is 1. The molecule has 4 nitrogen and oxygen atoms in total. The third-order valence-corrected chi connectivity index (χ3v) is 3.09. The number of aryl methyl sites for hydroxylation is 1. The maximum atomic E-state index is 13.2. The van der Waals surface area contributed by atoms with Crippen molar-refractivity contribution >= 4 is 28.5 Å². The normalized spacial score (nSPS) is 10.9. The van der Waals surface area contributed by atoms with Gasteiger partial charge in [-0.2, -0.15) is 0 Å². The average molecular weight is 284 g/mol. The van der Waals surface area contributed by atoms with Gasteiger partial charge in [0.15, 0.2) is 0 Å². The average Bonchev–Trinajstić information content (AvgIpc) is 2.67. The van der Waals surface area contributed by atoms with E-state index in [-0.39, 0.29) is 18.3 Å². The number of fused-ring (bicyclic) bond motifs is 1. The fraction of sp³-hybridized carbons (Fsp3) is 0.385. The number of nitrogens with zero attached hydrogens (tertiary/aromatic N) is 3. The number of carbonyl (C=O) groups is 1. The van der Waals surface area contributed by atoms with Gasteiger partial charge in [0.25, 0.3) is 0 Å². The summed E-state index contributed by atoms with van der Waals surface area (Å²) < 4.78 is 15.0. The molecule has 0 atom stereocenters. The summed E-state index contributed by atoms with van der Waals surface area (Å²) in [6, 6.07) is 4.37. The van der Waals surface area contributed by atoms with Gasteiger partial charge in [-0.05, 0) is 12.1 Å². The van der Waals surface area contributed by atoms with Gasteiger partial charge < -0.3 is 9.47 Å². The Morgan fingerprint density at radius 2 is 2.21 bits per heavy atom. The first-order valence-corrected chi connectivity index (χ1v) is 6.47. The van der Waals surface area contributed by atoms with Gasteiger partial charge in [0.05, 0.1) is 11.0 Å². The lowest BCUT2D eigenvalue weighted by molar-refractivity contribution is -0.129. The maximum absolute atomic E-state index is 13.2. The molecule has 0 saturated carbocycles. The van der Waals surface area contributed by atoms with Gasteiger partial charge in [-0.15, -0.1) is 11.6 Å². The van der Waals surface area contributed by atoms with Crippen LogP contribution in [-0.4, -0.2) is 40.3 Å². The first-order chi connectivity index (χ1) is 9.02. The fourth-order valence-corrected chi connectivity index (χ4v) is 2.05. The lowest BCUT2D eigenvalue weighted by atomic mass is 10.3. The molecule has 0 fully saturated rings. The van der Waals surface area contributed by atoms with Gasteiger partial charge in [0.1, 0.15) is 18.2 Å². The van der Waals surface area contributed by atoms with Crippen LogP contribution in [0.2, 0.25) is 0 Å². The Morgan fingerprint density at radius 1 is 1.47 bits per heavy atom. The van der Waals surface area contributed by atoms with Crippen LogP contribution in [0.4, 0.5) is 4.39 Å². The lowest BCUT2D eigenvalue weighted by Crippen LogP contribution is -2.27. The minimum Gasteiger partial charge on any atom is -0.347 e. The predicted octanol–water partition coefficient (Wildman–Crippen LogP) is 2.04. The van der Waals surface area contributed by atoms with Crippen molar-refractivity contribution in [3.63, 3.8) is 0 Å². The van der Waals surface area contributed by atoms with Crippen molar-refractivity contribution < 1.29 is 9.18 Å². The van der Waals surface area contributed by atoms with Gasteiger partial charge in [-0.25, -0.2) is 9.37 Å². The summed E-state index contributed by atoms with van der Waals surface area (Å²) in [6.07, 6.45) is 0.540. The van der Waals surface area contributed by atoms with Crippen molar-refractivity contribution in [3.05, 3.63) is 29.8 Å². The SMILES string of the molecule is CN(C)C(=O)Cn1c(CCCl)nc2cc(F)ccc21. The smallest absolute Gasteiger partial charge is 0.242 e. The van der Waals surface area contributed by atoms with Gasteiger partial charge in [0, 0.05) is 32.5 Å². The van der Waals surface area contributed by atoms with Crippen LogP contribution in [-0.2, 0) is 17.8 Å². The minimum absolute atomic E-state index is 0.0422. The van der Waals surface area contributed by atoms with Crippen molar-refractivity contribution in [2.45, 2.75) is 13.0 Å². The number of benzene rings is 1. The van der Waals surface area contributed by atoms with Crippen molar-refractivity contribution in [2.24, 2.45) is 0 Å². The van der Waals surface area contributed by atoms with Gasteiger partial charge in [-0.3, -0.25) is 4.79 Å². The molecule has 0 saturated heterocycles. The molecule has 6 heteroatoms. The number of halogens is 2. The number of aromatic nitrogens is 2. The monoisotopic (exact) mass is 283 g/mol. The van der Waals surface area contributed by atoms with E-state index in [0.29, 0.717) is 23.6 Å². The lowest BCUT2D eigenvalue weighted by Gasteiger charge is -2.13. The molecule has 0 aliphatic heterocycles. The summed E-state index contributed by atoms with van der Waals surface area (Å²) in [4.78, 5) is 17.7. The quantitative estimate of drug-likeness (QED) is 0.806. The van der Waals surface area contributed by atoms with Crippen LogP contribution in [0.3, 0.4) is 0 Å². The summed E-state index contributed by atoms with van der Waals surface area (Å²) in [6.45, 7) is 0.182. The summed E-state index contributed by atoms with van der Waals surface area (Å²) in [7, 11) is 3.39. The molecular weight excluding hydrogens is 269 g/mol. The number of rotatable bonds is 4. The molecule has 0 spiro atoms. The van der Waals surface area contributed by atoms with Crippen LogP contribution in [0.1, 0.15) is 5.82 Å². The zero-order chi connectivity index (χ0) is 14.0. The zero-order valence-electron chi connectivity index (χ0n) is 10.9. The van der Waals surface area contributed by atoms with Crippen LogP contribution in [0.5, 0.6) is 0 Å². The van der Waals surface area contributed by atoms with Crippen molar-refractivity contribution in [3.8, 4) is 0 Å². The van der Waals surface area contributed by atoms with Crippen molar-refractivity contribution in [2.75, 3.05) is 20.0 Å². The van der Waals surface area contributed by atoms with Gasteiger partial charge in [-0.1, -0.05) is 0 Å². The highest BCUT2D eigenvalue weighted by Gasteiger charge is 2.14. The molecule has 19 heavy (non-hydrogen) atoms. The number of hydrogen-bond acceptors (Lipinski definition) is 2. The third kappa shape index (κ3) is 2.87. The molecule has 0 bridgehead atoms. The summed E-state index contributed by atoms with van der Waals surface area (Å²) in [5, 5.41) is 0. The molecule has 2 rings (SSSR count). The second kappa shape index (κ2) is 5.57. The Labute approximate surface area is 115 Å². The van der Waals surface area contributed by atoms with E-state index in [9.17, 15) is 9.18 Å². The van der Waals surface area contributed by atoms with Crippen LogP contribution in [0, 0.1) is 5.82 Å². The summed E-state index contributed by atoms with van der Waals surface area (Å²) >= 11 is 5.74. The number of hydrogen-bond donors (Lipinski definition) is 0. The molecule has 0 aliphatic rings. The van der Waals surface area contributed by atoms with Crippen molar-refractivity contribution in [1.29, 1.82) is 0 Å².